The molecule has 1 atom stereocenters. The summed E-state index contributed by atoms with van der Waals surface area (Å²) in [4.78, 5) is 45.5. The number of halogens is 1. The van der Waals surface area contributed by atoms with Crippen LogP contribution < -0.4 is 30.2 Å². The smallest absolute Gasteiger partial charge is 0.272 e. The largest absolute Gasteiger partial charge is 0.493 e. The fourth-order valence-corrected chi connectivity index (χ4v) is 6.01. The third-order valence-electron chi connectivity index (χ3n) is 7.19. The summed E-state index contributed by atoms with van der Waals surface area (Å²) in [5.74, 6) is 0.150. The average Bonchev–Trinajstić information content (AvgIpc) is 3.14. The van der Waals surface area contributed by atoms with Gasteiger partial charge < -0.3 is 30.2 Å². The fraction of sp³-hybridized carbons (Fsp3) is 0.105. The van der Waals surface area contributed by atoms with Gasteiger partial charge in [-0.1, -0.05) is 66.2 Å². The van der Waals surface area contributed by atoms with Gasteiger partial charge in [0, 0.05) is 22.3 Å². The highest BCUT2D eigenvalue weighted by Crippen LogP contribution is 2.39. The average molecular weight is 709 g/mol. The molecule has 1 unspecified atom stereocenters. The van der Waals surface area contributed by atoms with Gasteiger partial charge in [-0.25, -0.2) is 4.98 Å². The Hall–Kier alpha value is -5.78. The van der Waals surface area contributed by atoms with Gasteiger partial charge in [-0.3, -0.25) is 14.4 Å². The maximum Gasteiger partial charge on any atom is 0.272 e. The van der Waals surface area contributed by atoms with Gasteiger partial charge >= 0.3 is 0 Å². The summed E-state index contributed by atoms with van der Waals surface area (Å²) < 4.78 is 16.4. The first-order chi connectivity index (χ1) is 24.3. The first-order valence-corrected chi connectivity index (χ1v) is 16.5. The Morgan fingerprint density at radius 3 is 2.08 bits per heavy atom. The van der Waals surface area contributed by atoms with Gasteiger partial charge in [-0.15, -0.1) is 11.8 Å². The van der Waals surface area contributed by atoms with E-state index in [0.29, 0.717) is 49.8 Å². The van der Waals surface area contributed by atoms with Crippen molar-refractivity contribution in [2.75, 3.05) is 32.0 Å². The number of pyridine rings is 1. The maximum atomic E-state index is 13.8. The van der Waals surface area contributed by atoms with Crippen LogP contribution in [-0.2, 0) is 9.59 Å². The van der Waals surface area contributed by atoms with Crippen molar-refractivity contribution in [2.24, 2.45) is 0 Å². The lowest BCUT2D eigenvalue weighted by Crippen LogP contribution is -2.30. The zero-order chi connectivity index (χ0) is 35.5. The summed E-state index contributed by atoms with van der Waals surface area (Å²) in [5.41, 5.74) is 2.06. The van der Waals surface area contributed by atoms with E-state index in [9.17, 15) is 14.4 Å². The SMILES string of the molecule is COc1cc(/C=C(/NC(=O)c2ccccc2)C(=O)Nc2cccc(SC(C(=O)Nc3ccc(Cl)cn3)c3ccccc3)c2)cc(OC)c1OC. The van der Waals surface area contributed by atoms with Gasteiger partial charge in [0.05, 0.1) is 26.4 Å². The number of anilines is 2. The quantitative estimate of drug-likeness (QED) is 0.0841. The fourth-order valence-electron chi connectivity index (χ4n) is 4.82. The van der Waals surface area contributed by atoms with Crippen LogP contribution in [0.15, 0.2) is 126 Å². The van der Waals surface area contributed by atoms with Gasteiger partial charge in [0.25, 0.3) is 11.8 Å². The summed E-state index contributed by atoms with van der Waals surface area (Å²) >= 11 is 7.27. The molecule has 5 aromatic rings. The molecule has 0 aliphatic carbocycles. The number of benzene rings is 4. The molecule has 0 saturated heterocycles. The zero-order valence-electron chi connectivity index (χ0n) is 27.3. The number of methoxy groups -OCH3 is 3. The Kier molecular flexibility index (Phi) is 12.1. The minimum absolute atomic E-state index is 0.0387. The van der Waals surface area contributed by atoms with Crippen LogP contribution in [0.3, 0.4) is 0 Å². The highest BCUT2D eigenvalue weighted by atomic mass is 35.5. The summed E-state index contributed by atoms with van der Waals surface area (Å²) in [6.07, 6.45) is 2.97. The van der Waals surface area contributed by atoms with Gasteiger partial charge in [-0.05, 0) is 71.8 Å². The molecule has 0 radical (unpaired) electrons. The molecule has 5 rings (SSSR count). The van der Waals surface area contributed by atoms with Crippen LogP contribution in [0, 0.1) is 0 Å². The number of thioether (sulfide) groups is 1. The van der Waals surface area contributed by atoms with Crippen LogP contribution in [0.4, 0.5) is 11.5 Å². The molecule has 0 aliphatic rings. The lowest BCUT2D eigenvalue weighted by atomic mass is 10.1. The number of aromatic nitrogens is 1. The summed E-state index contributed by atoms with van der Waals surface area (Å²) in [6, 6.07) is 31.6. The lowest BCUT2D eigenvalue weighted by Gasteiger charge is -2.18. The highest BCUT2D eigenvalue weighted by Gasteiger charge is 2.23. The maximum absolute atomic E-state index is 13.8. The zero-order valence-corrected chi connectivity index (χ0v) is 28.9. The van der Waals surface area contributed by atoms with Crippen molar-refractivity contribution in [1.29, 1.82) is 0 Å². The van der Waals surface area contributed by atoms with Gasteiger partial charge in [-0.2, -0.15) is 0 Å². The second kappa shape index (κ2) is 17.0. The molecular formula is C38H33ClN4O6S. The van der Waals surface area contributed by atoms with Crippen LogP contribution in [0.25, 0.3) is 6.08 Å². The van der Waals surface area contributed by atoms with E-state index in [1.807, 2.05) is 36.4 Å². The Labute approximate surface area is 298 Å². The number of carbonyl (C=O) groups is 3. The second-order valence-electron chi connectivity index (χ2n) is 10.6. The van der Waals surface area contributed by atoms with Crippen molar-refractivity contribution in [3.63, 3.8) is 0 Å². The Morgan fingerprint density at radius 2 is 1.46 bits per heavy atom. The predicted molar refractivity (Wildman–Crippen MR) is 196 cm³/mol. The number of hydrogen-bond acceptors (Lipinski definition) is 8. The molecule has 0 spiro atoms. The molecule has 50 heavy (non-hydrogen) atoms. The first kappa shape index (κ1) is 35.5. The van der Waals surface area contributed by atoms with Crippen molar-refractivity contribution in [1.82, 2.24) is 10.3 Å². The molecule has 10 nitrogen and oxygen atoms in total. The van der Waals surface area contributed by atoms with E-state index in [-0.39, 0.29) is 11.6 Å². The number of carbonyl (C=O) groups excluding carboxylic acids is 3. The standard InChI is InChI=1S/C38H33ClN4O6S/c1-47-31-20-24(21-32(48-2)34(31)49-3)19-30(42-36(44)26-13-8-5-9-14-26)37(45)41-28-15-10-16-29(22-28)50-35(25-11-6-4-7-12-25)38(46)43-33-18-17-27(39)23-40-33/h4-23,35H,1-3H3,(H,41,45)(H,42,44)(H,40,43,46)/b30-19+. The van der Waals surface area contributed by atoms with E-state index in [1.54, 1.807) is 72.8 Å². The normalized spacial score (nSPS) is 11.6. The van der Waals surface area contributed by atoms with E-state index in [0.717, 1.165) is 5.56 Å². The van der Waals surface area contributed by atoms with Crippen LogP contribution in [0.5, 0.6) is 17.2 Å². The Balaban J connectivity index is 1.42. The minimum Gasteiger partial charge on any atom is -0.493 e. The molecule has 1 aromatic heterocycles. The third-order valence-corrected chi connectivity index (χ3v) is 8.66. The summed E-state index contributed by atoms with van der Waals surface area (Å²) in [5, 5.41) is 8.28. The third kappa shape index (κ3) is 9.22. The van der Waals surface area contributed by atoms with Crippen molar-refractivity contribution >= 4 is 58.7 Å². The molecule has 1 heterocycles. The molecule has 254 valence electrons. The highest BCUT2D eigenvalue weighted by molar-refractivity contribution is 8.00. The molecule has 3 N–H and O–H groups in total. The van der Waals surface area contributed by atoms with E-state index in [1.165, 1.54) is 45.4 Å². The summed E-state index contributed by atoms with van der Waals surface area (Å²) in [7, 11) is 4.47. The van der Waals surface area contributed by atoms with Crippen LogP contribution in [0.1, 0.15) is 26.7 Å². The molecule has 0 aliphatic heterocycles. The number of nitrogens with one attached hydrogen (secondary N) is 3. The topological polar surface area (TPSA) is 128 Å². The number of rotatable bonds is 13. The number of hydrogen-bond donors (Lipinski definition) is 3. The van der Waals surface area contributed by atoms with Crippen LogP contribution in [-0.4, -0.2) is 44.0 Å². The predicted octanol–water partition coefficient (Wildman–Crippen LogP) is 7.64. The van der Waals surface area contributed by atoms with Gasteiger partial charge in [0.2, 0.25) is 11.7 Å². The number of ether oxygens (including phenoxy) is 3. The lowest BCUT2D eigenvalue weighted by molar-refractivity contribution is -0.116. The van der Waals surface area contributed by atoms with Gasteiger partial charge in [0.1, 0.15) is 16.8 Å². The van der Waals surface area contributed by atoms with E-state index in [4.69, 9.17) is 25.8 Å². The van der Waals surface area contributed by atoms with Crippen LogP contribution >= 0.6 is 23.4 Å². The minimum atomic E-state index is -0.653. The Bertz CT molecular complexity index is 1970. The van der Waals surface area contributed by atoms with Crippen molar-refractivity contribution in [2.45, 2.75) is 10.1 Å². The van der Waals surface area contributed by atoms with Crippen LogP contribution in [0.2, 0.25) is 5.02 Å². The molecule has 0 saturated carbocycles. The Morgan fingerprint density at radius 1 is 0.780 bits per heavy atom. The first-order valence-electron chi connectivity index (χ1n) is 15.2. The van der Waals surface area contributed by atoms with Crippen molar-refractivity contribution in [3.05, 3.63) is 143 Å². The monoisotopic (exact) mass is 708 g/mol. The molecule has 3 amide bonds. The molecule has 4 aromatic carbocycles. The number of amides is 3. The molecule has 0 bridgehead atoms. The van der Waals surface area contributed by atoms with Crippen molar-refractivity contribution < 1.29 is 28.6 Å². The van der Waals surface area contributed by atoms with E-state index >= 15 is 0 Å². The van der Waals surface area contributed by atoms with Gasteiger partial charge in [0.15, 0.2) is 11.5 Å². The van der Waals surface area contributed by atoms with E-state index < -0.39 is 17.1 Å². The number of nitrogens with zero attached hydrogens (tertiary/aromatic N) is 1. The van der Waals surface area contributed by atoms with Crippen molar-refractivity contribution in [3.8, 4) is 17.2 Å². The summed E-state index contributed by atoms with van der Waals surface area (Å²) in [6.45, 7) is 0. The molecule has 12 heteroatoms. The molecule has 0 fully saturated rings. The van der Waals surface area contributed by atoms with E-state index in [2.05, 4.69) is 20.9 Å². The second-order valence-corrected chi connectivity index (χ2v) is 12.2. The molecular weight excluding hydrogens is 676 g/mol.